The van der Waals surface area contributed by atoms with Crippen molar-refractivity contribution in [1.29, 1.82) is 0 Å². The Kier molecular flexibility index (Phi) is 6.77. The van der Waals surface area contributed by atoms with Crippen molar-refractivity contribution < 1.29 is 30.0 Å². The molecule has 12 heteroatoms. The molecule has 2 unspecified atom stereocenters. The Morgan fingerprint density at radius 1 is 0.968 bits per heavy atom. The molecular formula is C19H24N2O7S3. The molecule has 3 rings (SSSR count). The van der Waals surface area contributed by atoms with Crippen molar-refractivity contribution in [3.63, 3.8) is 0 Å². The monoisotopic (exact) mass is 488 g/mol. The van der Waals surface area contributed by atoms with Crippen LogP contribution in [0.4, 0.5) is 0 Å². The third kappa shape index (κ3) is 5.63. The Bertz CT molecular complexity index is 1240. The number of hydrogen-bond acceptors (Lipinski definition) is 8. The predicted octanol–water partition coefficient (Wildman–Crippen LogP) is 0.114. The average Bonchev–Trinajstić information content (AvgIpc) is 3.03. The Morgan fingerprint density at radius 2 is 1.55 bits per heavy atom. The summed E-state index contributed by atoms with van der Waals surface area (Å²) in [5.74, 6) is -0.208. The van der Waals surface area contributed by atoms with E-state index in [1.54, 1.807) is 12.1 Å². The summed E-state index contributed by atoms with van der Waals surface area (Å²) in [5, 5.41) is 7.03. The third-order valence-electron chi connectivity index (χ3n) is 5.16. The second kappa shape index (κ2) is 8.87. The molecule has 1 saturated heterocycles. The molecule has 0 amide bonds. The van der Waals surface area contributed by atoms with E-state index in [9.17, 15) is 25.3 Å². The van der Waals surface area contributed by atoms with E-state index in [2.05, 4.69) is 5.32 Å². The van der Waals surface area contributed by atoms with Gasteiger partial charge in [-0.15, -0.1) is 0 Å². The molecule has 1 aliphatic heterocycles. The van der Waals surface area contributed by atoms with Gasteiger partial charge in [0.05, 0.1) is 33.7 Å². The second-order valence-electron chi connectivity index (χ2n) is 7.34. The van der Waals surface area contributed by atoms with Crippen LogP contribution in [-0.2, 0) is 36.1 Å². The fraction of sp³-hybridized carbons (Fsp3) is 0.368. The van der Waals surface area contributed by atoms with Gasteiger partial charge in [0.25, 0.3) is 0 Å². The first-order chi connectivity index (χ1) is 14.4. The summed E-state index contributed by atoms with van der Waals surface area (Å²) in [7, 11) is -9.70. The lowest BCUT2D eigenvalue weighted by molar-refractivity contribution is 0.414. The van der Waals surface area contributed by atoms with Gasteiger partial charge < -0.3 is 10.1 Å². The smallest absolute Gasteiger partial charge is 0.238 e. The van der Waals surface area contributed by atoms with Gasteiger partial charge in [-0.3, -0.25) is 0 Å². The quantitative estimate of drug-likeness (QED) is 0.532. The van der Waals surface area contributed by atoms with Crippen molar-refractivity contribution in [3.8, 4) is 5.75 Å². The summed E-state index contributed by atoms with van der Waals surface area (Å²) in [6.45, 7) is 0.323. The lowest BCUT2D eigenvalue weighted by Gasteiger charge is -2.20. The van der Waals surface area contributed by atoms with Crippen molar-refractivity contribution in [3.05, 3.63) is 54.1 Å². The number of sulfonamides is 1. The van der Waals surface area contributed by atoms with Crippen LogP contribution in [0.5, 0.6) is 5.75 Å². The van der Waals surface area contributed by atoms with Gasteiger partial charge in [-0.05, 0) is 54.9 Å². The fourth-order valence-electron chi connectivity index (χ4n) is 3.50. The minimum Gasteiger partial charge on any atom is -0.497 e. The maximum Gasteiger partial charge on any atom is 0.238 e. The SMILES string of the molecule is COc1ccc(S(=O)(=O)C2CS(=O)(=O)CC2NCCc2ccc(S(N)(=O)=O)cc2)cc1. The zero-order valence-corrected chi connectivity index (χ0v) is 19.2. The van der Waals surface area contributed by atoms with Gasteiger partial charge in [-0.1, -0.05) is 12.1 Å². The minimum atomic E-state index is -3.88. The lowest BCUT2D eigenvalue weighted by atomic mass is 10.1. The number of hydrogen-bond donors (Lipinski definition) is 2. The van der Waals surface area contributed by atoms with Gasteiger partial charge in [0, 0.05) is 6.04 Å². The zero-order valence-electron chi connectivity index (χ0n) is 16.8. The minimum absolute atomic E-state index is 0.00301. The molecule has 1 fully saturated rings. The summed E-state index contributed by atoms with van der Waals surface area (Å²) in [4.78, 5) is 0.0394. The number of methoxy groups -OCH3 is 1. The van der Waals surface area contributed by atoms with Crippen LogP contribution < -0.4 is 15.2 Å². The van der Waals surface area contributed by atoms with Crippen molar-refractivity contribution in [1.82, 2.24) is 5.32 Å². The summed E-state index contributed by atoms with van der Waals surface area (Å²) in [6.07, 6.45) is 0.455. The van der Waals surface area contributed by atoms with Crippen LogP contribution in [0.25, 0.3) is 0 Å². The van der Waals surface area contributed by atoms with Gasteiger partial charge in [0.1, 0.15) is 5.75 Å². The summed E-state index contributed by atoms with van der Waals surface area (Å²) in [5.41, 5.74) is 0.801. The van der Waals surface area contributed by atoms with E-state index in [0.717, 1.165) is 5.56 Å². The molecule has 170 valence electrons. The number of sulfone groups is 2. The average molecular weight is 489 g/mol. The Hall–Kier alpha value is -1.99. The van der Waals surface area contributed by atoms with E-state index < -0.39 is 46.7 Å². The predicted molar refractivity (Wildman–Crippen MR) is 116 cm³/mol. The van der Waals surface area contributed by atoms with E-state index in [1.165, 1.54) is 43.5 Å². The van der Waals surface area contributed by atoms with Crippen LogP contribution in [0.15, 0.2) is 58.3 Å². The lowest BCUT2D eigenvalue weighted by Crippen LogP contribution is -2.44. The number of nitrogens with two attached hydrogens (primary N) is 1. The molecule has 3 N–H and O–H groups in total. The second-order valence-corrected chi connectivity index (χ2v) is 13.2. The van der Waals surface area contributed by atoms with E-state index in [-0.39, 0.29) is 15.5 Å². The van der Waals surface area contributed by atoms with E-state index >= 15 is 0 Å². The molecule has 0 aromatic heterocycles. The maximum atomic E-state index is 13.1. The van der Waals surface area contributed by atoms with Gasteiger partial charge in [-0.2, -0.15) is 0 Å². The standard InChI is InChI=1S/C19H24N2O7S3/c1-28-15-4-8-16(9-5-15)30(24,25)19-13-29(22,23)12-18(19)21-11-10-14-2-6-17(7-3-14)31(20,26)27/h2-9,18-19,21H,10-13H2,1H3,(H2,20,26,27). The first kappa shape index (κ1) is 23.7. The number of rotatable bonds is 8. The largest absolute Gasteiger partial charge is 0.497 e. The van der Waals surface area contributed by atoms with Crippen molar-refractivity contribution >= 4 is 29.7 Å². The molecule has 0 spiro atoms. The molecular weight excluding hydrogens is 464 g/mol. The maximum absolute atomic E-state index is 13.1. The fourth-order valence-corrected chi connectivity index (χ4v) is 8.73. The number of ether oxygens (including phenoxy) is 1. The Morgan fingerprint density at radius 3 is 2.10 bits per heavy atom. The highest BCUT2D eigenvalue weighted by Gasteiger charge is 2.45. The molecule has 1 heterocycles. The van der Waals surface area contributed by atoms with Gasteiger partial charge in [-0.25, -0.2) is 30.4 Å². The number of benzene rings is 2. The van der Waals surface area contributed by atoms with Crippen LogP contribution >= 0.6 is 0 Å². The van der Waals surface area contributed by atoms with Crippen LogP contribution in [0.1, 0.15) is 5.56 Å². The highest BCUT2D eigenvalue weighted by atomic mass is 32.2. The molecule has 31 heavy (non-hydrogen) atoms. The van der Waals surface area contributed by atoms with Gasteiger partial charge >= 0.3 is 0 Å². The number of primary sulfonamides is 1. The van der Waals surface area contributed by atoms with Crippen LogP contribution in [0, 0.1) is 0 Å². The molecule has 2 atom stereocenters. The molecule has 0 bridgehead atoms. The van der Waals surface area contributed by atoms with E-state index in [4.69, 9.17) is 9.88 Å². The molecule has 2 aromatic rings. The molecule has 0 aliphatic carbocycles. The third-order valence-corrected chi connectivity index (χ3v) is 10.3. The normalized spacial score (nSPS) is 21.1. The summed E-state index contributed by atoms with van der Waals surface area (Å²) in [6, 6.07) is 11.1. The van der Waals surface area contributed by atoms with E-state index in [1.807, 2.05) is 0 Å². The molecule has 0 saturated carbocycles. The molecule has 0 radical (unpaired) electrons. The van der Waals surface area contributed by atoms with Crippen LogP contribution in [0.3, 0.4) is 0 Å². The Labute approximate surface area is 182 Å². The highest BCUT2D eigenvalue weighted by molar-refractivity contribution is 7.96. The van der Waals surface area contributed by atoms with E-state index in [0.29, 0.717) is 18.7 Å². The molecule has 1 aliphatic rings. The first-order valence-electron chi connectivity index (χ1n) is 9.36. The summed E-state index contributed by atoms with van der Waals surface area (Å²) < 4.78 is 78.2. The van der Waals surface area contributed by atoms with Crippen molar-refractivity contribution in [2.75, 3.05) is 25.2 Å². The highest BCUT2D eigenvalue weighted by Crippen LogP contribution is 2.27. The first-order valence-corrected chi connectivity index (χ1v) is 14.3. The summed E-state index contributed by atoms with van der Waals surface area (Å²) >= 11 is 0. The number of nitrogens with one attached hydrogen (secondary N) is 1. The van der Waals surface area contributed by atoms with Crippen LogP contribution in [-0.4, -0.2) is 61.7 Å². The molecule has 2 aromatic carbocycles. The van der Waals surface area contributed by atoms with Gasteiger partial charge in [0.15, 0.2) is 19.7 Å². The van der Waals surface area contributed by atoms with Gasteiger partial charge in [0.2, 0.25) is 10.0 Å². The zero-order chi connectivity index (χ0) is 22.9. The molecule has 9 nitrogen and oxygen atoms in total. The van der Waals surface area contributed by atoms with Crippen LogP contribution in [0.2, 0.25) is 0 Å². The topological polar surface area (TPSA) is 150 Å². The van der Waals surface area contributed by atoms with Crippen molar-refractivity contribution in [2.24, 2.45) is 5.14 Å². The Balaban J connectivity index is 1.71. The van der Waals surface area contributed by atoms with Crippen molar-refractivity contribution in [2.45, 2.75) is 27.5 Å².